The molecule has 6 heteroatoms. The minimum Gasteiger partial charge on any atom is -0.262 e. The fourth-order valence-electron chi connectivity index (χ4n) is 2.30. The summed E-state index contributed by atoms with van der Waals surface area (Å²) < 4.78 is 51.9. The number of alkyl halides is 3. The van der Waals surface area contributed by atoms with E-state index in [1.165, 1.54) is 6.20 Å². The topological polar surface area (TPSA) is 17.8 Å². The summed E-state index contributed by atoms with van der Waals surface area (Å²) in [5, 5.41) is 4.10. The van der Waals surface area contributed by atoms with Crippen LogP contribution in [0.2, 0.25) is 0 Å². The highest BCUT2D eigenvalue weighted by Gasteiger charge is 2.29. The van der Waals surface area contributed by atoms with Crippen molar-refractivity contribution in [3.63, 3.8) is 0 Å². The van der Waals surface area contributed by atoms with Crippen molar-refractivity contribution in [3.8, 4) is 0 Å². The second-order valence-electron chi connectivity index (χ2n) is 4.96. The van der Waals surface area contributed by atoms with Gasteiger partial charge in [-0.2, -0.15) is 18.3 Å². The van der Waals surface area contributed by atoms with Crippen LogP contribution in [-0.4, -0.2) is 16.0 Å². The Hall–Kier alpha value is -1.59. The second-order valence-corrected chi connectivity index (χ2v) is 4.96. The predicted octanol–water partition coefficient (Wildman–Crippen LogP) is 4.17. The molecule has 1 aromatic heterocycles. The third-order valence-electron chi connectivity index (χ3n) is 2.95. The lowest BCUT2D eigenvalue weighted by molar-refractivity contribution is -0.142. The normalized spacial score (nSPS) is 12.6. The van der Waals surface area contributed by atoms with Gasteiger partial charge in [0, 0.05) is 11.6 Å². The van der Waals surface area contributed by atoms with Gasteiger partial charge in [-0.05, 0) is 30.0 Å². The van der Waals surface area contributed by atoms with Crippen LogP contribution in [0.5, 0.6) is 0 Å². The van der Waals surface area contributed by atoms with Gasteiger partial charge in [0.2, 0.25) is 0 Å². The van der Waals surface area contributed by atoms with Crippen LogP contribution in [0, 0.1) is 12.7 Å². The Morgan fingerprint density at radius 1 is 1.32 bits per heavy atom. The average molecular weight is 274 g/mol. The Labute approximate surface area is 108 Å². The van der Waals surface area contributed by atoms with E-state index in [9.17, 15) is 17.6 Å². The number of fused-ring (bicyclic) bond motifs is 1. The second kappa shape index (κ2) is 4.51. The monoisotopic (exact) mass is 274 g/mol. The highest BCUT2D eigenvalue weighted by atomic mass is 19.4. The minimum atomic E-state index is -4.37. The summed E-state index contributed by atoms with van der Waals surface area (Å²) in [7, 11) is 0. The Balaban J connectivity index is 2.57. The Kier molecular flexibility index (Phi) is 3.28. The number of aryl methyl sites for hydroxylation is 1. The van der Waals surface area contributed by atoms with Crippen LogP contribution in [0.1, 0.15) is 30.9 Å². The van der Waals surface area contributed by atoms with Gasteiger partial charge in [-0.1, -0.05) is 13.8 Å². The number of aromatic nitrogens is 2. The Morgan fingerprint density at radius 3 is 2.47 bits per heavy atom. The molecule has 0 atom stereocenters. The van der Waals surface area contributed by atoms with Gasteiger partial charge in [0.25, 0.3) is 0 Å². The first-order valence-electron chi connectivity index (χ1n) is 5.92. The average Bonchev–Trinajstić information content (AvgIpc) is 2.56. The maximum Gasteiger partial charge on any atom is 0.408 e. The molecule has 1 aromatic carbocycles. The summed E-state index contributed by atoms with van der Waals surface area (Å²) in [6.45, 7) is 4.21. The van der Waals surface area contributed by atoms with Crippen molar-refractivity contribution in [2.24, 2.45) is 0 Å². The van der Waals surface area contributed by atoms with Crippen LogP contribution in [-0.2, 0) is 6.54 Å². The molecule has 0 radical (unpaired) electrons. The summed E-state index contributed by atoms with van der Waals surface area (Å²) in [6.07, 6.45) is -3.14. The number of rotatable bonds is 2. The van der Waals surface area contributed by atoms with Crippen LogP contribution in [0.4, 0.5) is 17.6 Å². The zero-order chi connectivity index (χ0) is 14.4. The summed E-state index contributed by atoms with van der Waals surface area (Å²) in [4.78, 5) is 0. The number of benzene rings is 1. The molecule has 0 saturated carbocycles. The molecular weight excluding hydrogens is 260 g/mol. The maximum atomic E-state index is 14.3. The molecule has 0 unspecified atom stereocenters. The smallest absolute Gasteiger partial charge is 0.262 e. The van der Waals surface area contributed by atoms with Crippen LogP contribution in [0.25, 0.3) is 10.9 Å². The molecule has 0 saturated heterocycles. The molecule has 0 aliphatic carbocycles. The van der Waals surface area contributed by atoms with Crippen molar-refractivity contribution < 1.29 is 17.6 Å². The van der Waals surface area contributed by atoms with Crippen molar-refractivity contribution in [2.75, 3.05) is 0 Å². The SMILES string of the molecule is Cc1cc2cn(CC(F)(F)F)nc2c(F)c1C(C)C. The van der Waals surface area contributed by atoms with Gasteiger partial charge in [0.1, 0.15) is 12.1 Å². The third kappa shape index (κ3) is 2.72. The minimum absolute atomic E-state index is 0.00134. The van der Waals surface area contributed by atoms with Crippen LogP contribution in [0.15, 0.2) is 12.3 Å². The largest absolute Gasteiger partial charge is 0.408 e. The summed E-state index contributed by atoms with van der Waals surface area (Å²) in [5.74, 6) is -0.567. The van der Waals surface area contributed by atoms with Crippen molar-refractivity contribution in [1.82, 2.24) is 9.78 Å². The van der Waals surface area contributed by atoms with Crippen LogP contribution >= 0.6 is 0 Å². The van der Waals surface area contributed by atoms with Crippen molar-refractivity contribution in [1.29, 1.82) is 0 Å². The lowest BCUT2D eigenvalue weighted by atomic mass is 9.96. The molecule has 1 heterocycles. The molecular formula is C13H14F4N2. The number of hydrogen-bond donors (Lipinski definition) is 0. The van der Waals surface area contributed by atoms with Gasteiger partial charge in [0.05, 0.1) is 0 Å². The molecule has 104 valence electrons. The summed E-state index contributed by atoms with van der Waals surface area (Å²) in [6, 6.07) is 1.67. The van der Waals surface area contributed by atoms with Gasteiger partial charge in [0.15, 0.2) is 5.82 Å². The first-order chi connectivity index (χ1) is 8.69. The zero-order valence-corrected chi connectivity index (χ0v) is 10.8. The fourth-order valence-corrected chi connectivity index (χ4v) is 2.30. The number of halogens is 4. The van der Waals surface area contributed by atoms with Gasteiger partial charge >= 0.3 is 6.18 Å². The van der Waals surface area contributed by atoms with E-state index in [1.54, 1.807) is 13.0 Å². The molecule has 0 bridgehead atoms. The molecule has 0 aliphatic heterocycles. The maximum absolute atomic E-state index is 14.3. The molecule has 0 N–H and O–H groups in total. The number of hydrogen-bond acceptors (Lipinski definition) is 1. The Bertz CT molecular complexity index is 611. The highest BCUT2D eigenvalue weighted by molar-refractivity contribution is 5.81. The zero-order valence-electron chi connectivity index (χ0n) is 10.8. The molecule has 0 amide bonds. The lowest BCUT2D eigenvalue weighted by Crippen LogP contribution is -2.17. The first-order valence-corrected chi connectivity index (χ1v) is 5.92. The Morgan fingerprint density at radius 2 is 1.95 bits per heavy atom. The molecule has 2 rings (SSSR count). The summed E-state index contributed by atoms with van der Waals surface area (Å²) >= 11 is 0. The van der Waals surface area contributed by atoms with E-state index in [2.05, 4.69) is 5.10 Å². The molecule has 0 fully saturated rings. The van der Waals surface area contributed by atoms with Crippen molar-refractivity contribution in [3.05, 3.63) is 29.2 Å². The van der Waals surface area contributed by atoms with Gasteiger partial charge in [-0.3, -0.25) is 4.68 Å². The van der Waals surface area contributed by atoms with E-state index in [0.29, 0.717) is 10.9 Å². The van der Waals surface area contributed by atoms with E-state index in [0.717, 1.165) is 10.2 Å². The summed E-state index contributed by atoms with van der Waals surface area (Å²) in [5.41, 5.74) is 1.23. The van der Waals surface area contributed by atoms with Crippen LogP contribution in [0.3, 0.4) is 0 Å². The van der Waals surface area contributed by atoms with Crippen molar-refractivity contribution >= 4 is 10.9 Å². The van der Waals surface area contributed by atoms with Gasteiger partial charge in [-0.25, -0.2) is 4.39 Å². The van der Waals surface area contributed by atoms with E-state index < -0.39 is 18.5 Å². The predicted molar refractivity (Wildman–Crippen MR) is 64.6 cm³/mol. The van der Waals surface area contributed by atoms with E-state index >= 15 is 0 Å². The van der Waals surface area contributed by atoms with Crippen LogP contribution < -0.4 is 0 Å². The molecule has 2 nitrogen and oxygen atoms in total. The molecule has 0 spiro atoms. The third-order valence-corrected chi connectivity index (χ3v) is 2.95. The molecule has 0 aliphatic rings. The van der Waals surface area contributed by atoms with E-state index in [1.807, 2.05) is 13.8 Å². The van der Waals surface area contributed by atoms with Crippen molar-refractivity contribution in [2.45, 2.75) is 39.4 Å². The fraction of sp³-hybridized carbons (Fsp3) is 0.462. The van der Waals surface area contributed by atoms with E-state index in [4.69, 9.17) is 0 Å². The quantitative estimate of drug-likeness (QED) is 0.751. The van der Waals surface area contributed by atoms with Gasteiger partial charge < -0.3 is 0 Å². The molecule has 2 aromatic rings. The van der Waals surface area contributed by atoms with E-state index in [-0.39, 0.29) is 11.4 Å². The lowest BCUT2D eigenvalue weighted by Gasteiger charge is -2.10. The standard InChI is InChI=1S/C13H14F4N2/c1-7(2)10-8(3)4-9-5-19(6-13(15,16)17)18-12(9)11(10)14/h4-5,7H,6H2,1-3H3. The molecule has 19 heavy (non-hydrogen) atoms. The number of nitrogens with zero attached hydrogens (tertiary/aromatic N) is 2. The van der Waals surface area contributed by atoms with Gasteiger partial charge in [-0.15, -0.1) is 0 Å². The first kappa shape index (κ1) is 13.8. The highest BCUT2D eigenvalue weighted by Crippen LogP contribution is 2.29.